The number of esters is 2. The van der Waals surface area contributed by atoms with Crippen molar-refractivity contribution in [2.24, 2.45) is 0 Å². The van der Waals surface area contributed by atoms with Gasteiger partial charge in [-0.3, -0.25) is 14.2 Å². The normalized spacial score (nSPS) is 20.7. The average Bonchev–Trinajstić information content (AvgIpc) is 3.11. The number of cyclic esters (lactones) is 1. The maximum absolute atomic E-state index is 13.7. The molecule has 0 saturated carbocycles. The van der Waals surface area contributed by atoms with Gasteiger partial charge in [-0.1, -0.05) is 6.92 Å². The lowest BCUT2D eigenvalue weighted by molar-refractivity contribution is -0.172. The summed E-state index contributed by atoms with van der Waals surface area (Å²) in [5, 5.41) is 11.9. The van der Waals surface area contributed by atoms with Crippen molar-refractivity contribution in [3.8, 4) is 11.4 Å². The van der Waals surface area contributed by atoms with Gasteiger partial charge in [0.05, 0.1) is 35.6 Å². The molecule has 0 aliphatic carbocycles. The highest BCUT2D eigenvalue weighted by Crippen LogP contribution is 2.44. The van der Waals surface area contributed by atoms with E-state index in [2.05, 4.69) is 0 Å². The number of methoxy groups -OCH3 is 1. The van der Waals surface area contributed by atoms with E-state index in [1.54, 1.807) is 35.8 Å². The average molecular weight is 449 g/mol. The van der Waals surface area contributed by atoms with Gasteiger partial charge in [0.1, 0.15) is 6.61 Å². The molecule has 3 N–H and O–H groups in total. The fourth-order valence-corrected chi connectivity index (χ4v) is 4.82. The Hall–Kier alpha value is -3.72. The number of nitrogens with zero attached hydrogens (tertiary/aromatic N) is 2. The minimum Gasteiger partial charge on any atom is -0.469 e. The lowest BCUT2D eigenvalue weighted by Crippen LogP contribution is -2.44. The Balaban J connectivity index is 1.78. The number of aromatic nitrogens is 2. The Bertz CT molecular complexity index is 1400. The number of pyridine rings is 2. The van der Waals surface area contributed by atoms with E-state index in [1.165, 1.54) is 7.11 Å². The molecule has 170 valence electrons. The molecule has 2 atom stereocenters. The van der Waals surface area contributed by atoms with Gasteiger partial charge >= 0.3 is 11.9 Å². The van der Waals surface area contributed by atoms with Crippen LogP contribution in [0.15, 0.2) is 35.1 Å². The minimum absolute atomic E-state index is 0.0603. The van der Waals surface area contributed by atoms with Gasteiger partial charge in [-0.15, -0.1) is 0 Å². The molecule has 2 aliphatic rings. The molecule has 0 bridgehead atoms. The van der Waals surface area contributed by atoms with E-state index >= 15 is 0 Å². The molecule has 33 heavy (non-hydrogen) atoms. The molecule has 4 heterocycles. The summed E-state index contributed by atoms with van der Waals surface area (Å²) >= 11 is 0. The third-order valence-corrected chi connectivity index (χ3v) is 6.62. The SMILES string of the molecule is CC[C@@]1(O)C(=O)OCc2c1cc1n(c2=O)C(CCC(=O)OC)c2cc3cc(N)ccc3nc2-1. The quantitative estimate of drug-likeness (QED) is 0.457. The Morgan fingerprint density at radius 1 is 1.33 bits per heavy atom. The molecule has 2 aromatic heterocycles. The van der Waals surface area contributed by atoms with Gasteiger partial charge < -0.3 is 20.3 Å². The van der Waals surface area contributed by atoms with Crippen molar-refractivity contribution >= 4 is 28.5 Å². The topological polar surface area (TPSA) is 134 Å². The molecule has 5 rings (SSSR count). The molecule has 0 amide bonds. The molecule has 9 heteroatoms. The van der Waals surface area contributed by atoms with E-state index in [9.17, 15) is 19.5 Å². The summed E-state index contributed by atoms with van der Waals surface area (Å²) in [6.07, 6.45) is 0.482. The lowest BCUT2D eigenvalue weighted by Gasteiger charge is -2.32. The molecule has 0 saturated heterocycles. The van der Waals surface area contributed by atoms with Crippen LogP contribution >= 0.6 is 0 Å². The fourth-order valence-electron chi connectivity index (χ4n) is 4.82. The number of ether oxygens (including phenoxy) is 2. The van der Waals surface area contributed by atoms with E-state index < -0.39 is 17.6 Å². The molecule has 0 spiro atoms. The number of carbonyl (C=O) groups excluding carboxylic acids is 2. The second-order valence-corrected chi connectivity index (χ2v) is 8.40. The summed E-state index contributed by atoms with van der Waals surface area (Å²) in [6, 6.07) is 8.46. The zero-order valence-corrected chi connectivity index (χ0v) is 18.3. The van der Waals surface area contributed by atoms with Crippen LogP contribution < -0.4 is 11.3 Å². The van der Waals surface area contributed by atoms with Crippen molar-refractivity contribution in [3.05, 3.63) is 57.4 Å². The van der Waals surface area contributed by atoms with E-state index in [0.29, 0.717) is 29.0 Å². The summed E-state index contributed by atoms with van der Waals surface area (Å²) in [5.74, 6) is -1.16. The van der Waals surface area contributed by atoms with Gasteiger partial charge in [-0.05, 0) is 43.2 Å². The molecular formula is C24H23N3O6. The lowest BCUT2D eigenvalue weighted by atomic mass is 9.86. The van der Waals surface area contributed by atoms with Crippen molar-refractivity contribution in [1.82, 2.24) is 9.55 Å². The zero-order chi connectivity index (χ0) is 23.5. The monoisotopic (exact) mass is 449 g/mol. The number of anilines is 1. The van der Waals surface area contributed by atoms with Crippen LogP contribution in [0.25, 0.3) is 22.3 Å². The Morgan fingerprint density at radius 2 is 2.12 bits per heavy atom. The van der Waals surface area contributed by atoms with Crippen LogP contribution in [-0.4, -0.2) is 33.7 Å². The van der Waals surface area contributed by atoms with E-state index in [4.69, 9.17) is 20.2 Å². The maximum atomic E-state index is 13.7. The van der Waals surface area contributed by atoms with Crippen molar-refractivity contribution in [1.29, 1.82) is 0 Å². The molecule has 0 radical (unpaired) electrons. The second kappa shape index (κ2) is 7.41. The Labute approximate surface area is 188 Å². The summed E-state index contributed by atoms with van der Waals surface area (Å²) < 4.78 is 11.5. The van der Waals surface area contributed by atoms with E-state index in [-0.39, 0.29) is 42.1 Å². The number of rotatable bonds is 4. The first-order chi connectivity index (χ1) is 15.8. The highest BCUT2D eigenvalue weighted by molar-refractivity contribution is 5.88. The fraction of sp³-hybridized carbons (Fsp3) is 0.333. The first-order valence-corrected chi connectivity index (χ1v) is 10.7. The molecule has 3 aromatic rings. The van der Waals surface area contributed by atoms with Crippen molar-refractivity contribution < 1.29 is 24.2 Å². The number of hydrogen-bond acceptors (Lipinski definition) is 8. The van der Waals surface area contributed by atoms with Gasteiger partial charge in [-0.25, -0.2) is 9.78 Å². The molecule has 2 aliphatic heterocycles. The van der Waals surface area contributed by atoms with Crippen LogP contribution in [0.5, 0.6) is 0 Å². The number of benzene rings is 1. The van der Waals surface area contributed by atoms with E-state index in [1.807, 2.05) is 6.07 Å². The number of fused-ring (bicyclic) bond motifs is 5. The first-order valence-electron chi connectivity index (χ1n) is 10.7. The molecular weight excluding hydrogens is 426 g/mol. The molecule has 1 unspecified atom stereocenters. The highest BCUT2D eigenvalue weighted by atomic mass is 16.6. The first kappa shape index (κ1) is 21.1. The standard InChI is InChI=1S/C24H23N3O6/c1-3-24(31)16-10-19-21-14(9-12-8-13(25)4-5-17(12)26-21)18(6-7-20(28)32-2)27(19)22(29)15(16)11-33-23(24)30/h4-5,8-10,18,31H,3,6-7,11,25H2,1-2H3/t18?,24-/m0/s1. The number of hydrogen-bond donors (Lipinski definition) is 2. The van der Waals surface area contributed by atoms with Gasteiger partial charge in [0, 0.05) is 28.6 Å². The number of nitrogens with two attached hydrogens (primary N) is 1. The van der Waals surface area contributed by atoms with Crippen molar-refractivity contribution in [3.63, 3.8) is 0 Å². The van der Waals surface area contributed by atoms with Crippen molar-refractivity contribution in [2.45, 2.75) is 44.4 Å². The predicted molar refractivity (Wildman–Crippen MR) is 119 cm³/mol. The van der Waals surface area contributed by atoms with Crippen LogP contribution in [0.1, 0.15) is 48.9 Å². The van der Waals surface area contributed by atoms with Crippen LogP contribution in [0, 0.1) is 0 Å². The second-order valence-electron chi connectivity index (χ2n) is 8.40. The van der Waals surface area contributed by atoms with Crippen molar-refractivity contribution in [2.75, 3.05) is 12.8 Å². The highest BCUT2D eigenvalue weighted by Gasteiger charge is 2.46. The maximum Gasteiger partial charge on any atom is 0.343 e. The van der Waals surface area contributed by atoms with E-state index in [0.717, 1.165) is 10.9 Å². The summed E-state index contributed by atoms with van der Waals surface area (Å²) in [7, 11) is 1.32. The molecule has 9 nitrogen and oxygen atoms in total. The Morgan fingerprint density at radius 3 is 2.85 bits per heavy atom. The summed E-state index contributed by atoms with van der Waals surface area (Å²) in [6.45, 7) is 1.44. The predicted octanol–water partition coefficient (Wildman–Crippen LogP) is 2.16. The molecule has 1 aromatic carbocycles. The summed E-state index contributed by atoms with van der Waals surface area (Å²) in [5.41, 5.74) is 7.25. The molecule has 0 fully saturated rings. The smallest absolute Gasteiger partial charge is 0.343 e. The number of carbonyl (C=O) groups is 2. The van der Waals surface area contributed by atoms with Gasteiger partial charge in [0.15, 0.2) is 5.60 Å². The minimum atomic E-state index is -1.90. The van der Waals surface area contributed by atoms with Gasteiger partial charge in [0.2, 0.25) is 0 Å². The van der Waals surface area contributed by atoms with Crippen LogP contribution in [0.2, 0.25) is 0 Å². The largest absolute Gasteiger partial charge is 0.469 e. The van der Waals surface area contributed by atoms with Crippen LogP contribution in [-0.2, 0) is 31.3 Å². The van der Waals surface area contributed by atoms with Crippen LogP contribution in [0.3, 0.4) is 0 Å². The number of nitrogen functional groups attached to an aromatic ring is 1. The third kappa shape index (κ3) is 3.03. The zero-order valence-electron chi connectivity index (χ0n) is 18.3. The van der Waals surface area contributed by atoms with Gasteiger partial charge in [0.25, 0.3) is 5.56 Å². The van der Waals surface area contributed by atoms with Crippen LogP contribution in [0.4, 0.5) is 5.69 Å². The van der Waals surface area contributed by atoms with Gasteiger partial charge in [-0.2, -0.15) is 0 Å². The summed E-state index contributed by atoms with van der Waals surface area (Å²) in [4.78, 5) is 42.7. The Kier molecular flexibility index (Phi) is 4.75. The third-order valence-electron chi connectivity index (χ3n) is 6.62. The number of aliphatic hydroxyl groups is 1.